The summed E-state index contributed by atoms with van der Waals surface area (Å²) in [6.07, 6.45) is 0. The van der Waals surface area contributed by atoms with Gasteiger partial charge in [0.05, 0.1) is 0 Å². The first-order chi connectivity index (χ1) is 9.25. The number of hydrogen-bond donors (Lipinski definition) is 0. The number of rotatable bonds is 0. The van der Waals surface area contributed by atoms with Crippen molar-refractivity contribution < 1.29 is 0 Å². The van der Waals surface area contributed by atoms with E-state index in [1.165, 1.54) is 33.0 Å². The summed E-state index contributed by atoms with van der Waals surface area (Å²) < 4.78 is 1.16. The van der Waals surface area contributed by atoms with Gasteiger partial charge in [0, 0.05) is 10.4 Å². The van der Waals surface area contributed by atoms with Crippen LogP contribution in [0.5, 0.6) is 0 Å². The molecule has 1 aliphatic rings. The summed E-state index contributed by atoms with van der Waals surface area (Å²) in [6, 6.07) is 19.8. The van der Waals surface area contributed by atoms with E-state index in [1.54, 1.807) is 0 Å². The predicted octanol–water partition coefficient (Wildman–Crippen LogP) is 5.73. The summed E-state index contributed by atoms with van der Waals surface area (Å²) in [5.41, 5.74) is 5.69. The lowest BCUT2D eigenvalue weighted by atomic mass is 9.94. The third-order valence-corrected chi connectivity index (χ3v) is 4.67. The lowest BCUT2D eigenvalue weighted by Crippen LogP contribution is -1.91. The fourth-order valence-corrected chi connectivity index (χ4v) is 3.67. The molecule has 0 N–H and O–H groups in total. The van der Waals surface area contributed by atoms with Gasteiger partial charge >= 0.3 is 0 Å². The summed E-state index contributed by atoms with van der Waals surface area (Å²) in [5.74, 6) is 0.466. The fourth-order valence-electron chi connectivity index (χ4n) is 3.29. The van der Waals surface area contributed by atoms with Crippen LogP contribution in [0.15, 0.2) is 59.1 Å². The molecule has 0 bridgehead atoms. The Kier molecular flexibility index (Phi) is 2.33. The first-order valence-electron chi connectivity index (χ1n) is 6.57. The minimum atomic E-state index is 0.466. The summed E-state index contributed by atoms with van der Waals surface area (Å²) in [7, 11) is 0. The summed E-state index contributed by atoms with van der Waals surface area (Å²) in [6.45, 7) is 2.31. The van der Waals surface area contributed by atoms with Gasteiger partial charge in [-0.05, 0) is 45.2 Å². The van der Waals surface area contributed by atoms with Crippen LogP contribution in [0, 0.1) is 0 Å². The monoisotopic (exact) mass is 308 g/mol. The molecular formula is C18H13Br. The lowest BCUT2D eigenvalue weighted by Gasteiger charge is -2.10. The van der Waals surface area contributed by atoms with Crippen LogP contribution in [-0.2, 0) is 0 Å². The van der Waals surface area contributed by atoms with E-state index >= 15 is 0 Å². The Labute approximate surface area is 121 Å². The molecule has 92 valence electrons. The lowest BCUT2D eigenvalue weighted by molar-refractivity contribution is 0.965. The van der Waals surface area contributed by atoms with Crippen molar-refractivity contribution >= 4 is 26.7 Å². The van der Waals surface area contributed by atoms with Crippen molar-refractivity contribution in [3.8, 4) is 11.1 Å². The van der Waals surface area contributed by atoms with Crippen LogP contribution in [0.2, 0.25) is 0 Å². The minimum absolute atomic E-state index is 0.466. The molecule has 0 nitrogen and oxygen atoms in total. The molecule has 4 rings (SSSR count). The zero-order chi connectivity index (χ0) is 13.0. The van der Waals surface area contributed by atoms with Crippen molar-refractivity contribution in [1.29, 1.82) is 0 Å². The predicted molar refractivity (Wildman–Crippen MR) is 84.6 cm³/mol. The number of halogens is 1. The molecule has 1 heteroatoms. The molecule has 0 saturated carbocycles. The van der Waals surface area contributed by atoms with Crippen LogP contribution in [0.25, 0.3) is 21.9 Å². The highest BCUT2D eigenvalue weighted by molar-refractivity contribution is 9.10. The Hall–Kier alpha value is -1.60. The molecule has 0 heterocycles. The van der Waals surface area contributed by atoms with Crippen LogP contribution in [0.4, 0.5) is 0 Å². The van der Waals surface area contributed by atoms with Gasteiger partial charge in [0.15, 0.2) is 0 Å². The average Bonchev–Trinajstić information content (AvgIpc) is 2.72. The first-order valence-corrected chi connectivity index (χ1v) is 7.36. The fraction of sp³-hybridized carbons (Fsp3) is 0.111. The quantitative estimate of drug-likeness (QED) is 0.497. The standard InChI is InChI=1S/C18H13Br/c1-11-17-10-13(19)7-9-15(17)16-8-6-12-4-2-3-5-14(12)18(11)16/h2-11H,1H3. The minimum Gasteiger partial charge on any atom is -0.0616 e. The zero-order valence-electron chi connectivity index (χ0n) is 10.7. The van der Waals surface area contributed by atoms with Crippen molar-refractivity contribution in [3.05, 3.63) is 70.2 Å². The number of fused-ring (bicyclic) bond motifs is 5. The normalized spacial score (nSPS) is 16.4. The maximum atomic E-state index is 3.59. The molecule has 0 saturated heterocycles. The second-order valence-corrected chi connectivity index (χ2v) is 6.12. The van der Waals surface area contributed by atoms with Gasteiger partial charge in [-0.15, -0.1) is 0 Å². The molecule has 0 radical (unpaired) electrons. The van der Waals surface area contributed by atoms with Gasteiger partial charge in [-0.2, -0.15) is 0 Å². The molecule has 0 fully saturated rings. The van der Waals surface area contributed by atoms with Gasteiger partial charge in [0.25, 0.3) is 0 Å². The largest absolute Gasteiger partial charge is 0.0616 e. The molecular weight excluding hydrogens is 296 g/mol. The molecule has 19 heavy (non-hydrogen) atoms. The molecule has 1 unspecified atom stereocenters. The molecule has 0 spiro atoms. The van der Waals surface area contributed by atoms with E-state index in [0.717, 1.165) is 4.47 Å². The molecule has 1 atom stereocenters. The average molecular weight is 309 g/mol. The Morgan fingerprint density at radius 3 is 2.58 bits per heavy atom. The third kappa shape index (κ3) is 1.51. The maximum absolute atomic E-state index is 3.59. The number of hydrogen-bond acceptors (Lipinski definition) is 0. The summed E-state index contributed by atoms with van der Waals surface area (Å²) in [4.78, 5) is 0. The van der Waals surface area contributed by atoms with E-state index in [0.29, 0.717) is 5.92 Å². The summed E-state index contributed by atoms with van der Waals surface area (Å²) in [5, 5.41) is 2.72. The molecule has 1 aliphatic carbocycles. The summed E-state index contributed by atoms with van der Waals surface area (Å²) >= 11 is 3.59. The maximum Gasteiger partial charge on any atom is 0.0178 e. The van der Waals surface area contributed by atoms with E-state index < -0.39 is 0 Å². The Morgan fingerprint density at radius 2 is 1.68 bits per heavy atom. The van der Waals surface area contributed by atoms with Gasteiger partial charge in [-0.1, -0.05) is 65.3 Å². The van der Waals surface area contributed by atoms with E-state index in [2.05, 4.69) is 77.5 Å². The first kappa shape index (κ1) is 11.2. The number of benzene rings is 3. The van der Waals surface area contributed by atoms with Crippen LogP contribution >= 0.6 is 15.9 Å². The van der Waals surface area contributed by atoms with Crippen molar-refractivity contribution in [3.63, 3.8) is 0 Å². The van der Waals surface area contributed by atoms with Gasteiger partial charge in [0.2, 0.25) is 0 Å². The smallest absolute Gasteiger partial charge is 0.0178 e. The highest BCUT2D eigenvalue weighted by Gasteiger charge is 2.26. The van der Waals surface area contributed by atoms with Gasteiger partial charge in [-0.3, -0.25) is 0 Å². The van der Waals surface area contributed by atoms with E-state index in [-0.39, 0.29) is 0 Å². The Bertz CT molecular complexity index is 802. The SMILES string of the molecule is CC1c2cc(Br)ccc2-c2ccc3ccccc3c21. The van der Waals surface area contributed by atoms with Gasteiger partial charge < -0.3 is 0 Å². The Balaban J connectivity index is 2.11. The van der Waals surface area contributed by atoms with Crippen LogP contribution in [0.1, 0.15) is 24.0 Å². The van der Waals surface area contributed by atoms with Crippen LogP contribution in [-0.4, -0.2) is 0 Å². The van der Waals surface area contributed by atoms with Crippen molar-refractivity contribution in [1.82, 2.24) is 0 Å². The molecule has 0 aromatic heterocycles. The topological polar surface area (TPSA) is 0 Å². The van der Waals surface area contributed by atoms with E-state index in [1.807, 2.05) is 0 Å². The highest BCUT2D eigenvalue weighted by atomic mass is 79.9. The second-order valence-electron chi connectivity index (χ2n) is 5.20. The van der Waals surface area contributed by atoms with Crippen LogP contribution < -0.4 is 0 Å². The highest BCUT2D eigenvalue weighted by Crippen LogP contribution is 2.48. The van der Waals surface area contributed by atoms with Crippen molar-refractivity contribution in [2.45, 2.75) is 12.8 Å². The van der Waals surface area contributed by atoms with Crippen molar-refractivity contribution in [2.24, 2.45) is 0 Å². The van der Waals surface area contributed by atoms with Gasteiger partial charge in [-0.25, -0.2) is 0 Å². The molecule has 3 aromatic rings. The van der Waals surface area contributed by atoms with E-state index in [9.17, 15) is 0 Å². The van der Waals surface area contributed by atoms with Gasteiger partial charge in [0.1, 0.15) is 0 Å². The van der Waals surface area contributed by atoms with Crippen molar-refractivity contribution in [2.75, 3.05) is 0 Å². The second kappa shape index (κ2) is 3.94. The third-order valence-electron chi connectivity index (χ3n) is 4.17. The van der Waals surface area contributed by atoms with Crippen LogP contribution in [0.3, 0.4) is 0 Å². The molecule has 3 aromatic carbocycles. The zero-order valence-corrected chi connectivity index (χ0v) is 12.2. The van der Waals surface area contributed by atoms with E-state index in [4.69, 9.17) is 0 Å². The molecule has 0 amide bonds. The molecule has 0 aliphatic heterocycles. The Morgan fingerprint density at radius 1 is 0.895 bits per heavy atom.